The fourth-order valence-electron chi connectivity index (χ4n) is 4.21. The summed E-state index contributed by atoms with van der Waals surface area (Å²) in [5.74, 6) is 0.749. The number of aliphatic imine (C=N–C) groups is 1. The van der Waals surface area contributed by atoms with E-state index in [4.69, 9.17) is 5.10 Å². The van der Waals surface area contributed by atoms with Crippen LogP contribution in [0.2, 0.25) is 0 Å². The lowest BCUT2D eigenvalue weighted by atomic mass is 9.99. The van der Waals surface area contributed by atoms with Crippen LogP contribution in [0.3, 0.4) is 0 Å². The van der Waals surface area contributed by atoms with Crippen LogP contribution in [-0.4, -0.2) is 34.0 Å². The Kier molecular flexibility index (Phi) is 9.28. The number of aryl methyl sites for hydroxylation is 1. The molecule has 1 aliphatic rings. The first-order valence-electron chi connectivity index (χ1n) is 12.6. The van der Waals surface area contributed by atoms with Gasteiger partial charge in [0.15, 0.2) is 0 Å². The van der Waals surface area contributed by atoms with Gasteiger partial charge in [0.2, 0.25) is 0 Å². The van der Waals surface area contributed by atoms with Gasteiger partial charge in [-0.15, -0.1) is 0 Å². The van der Waals surface area contributed by atoms with E-state index in [1.54, 1.807) is 12.3 Å². The average Bonchev–Trinajstić information content (AvgIpc) is 3.26. The van der Waals surface area contributed by atoms with Crippen molar-refractivity contribution in [1.29, 1.82) is 5.26 Å². The van der Waals surface area contributed by atoms with Crippen molar-refractivity contribution in [3.8, 4) is 17.3 Å². The molecule has 3 rings (SSSR count). The highest BCUT2D eigenvalue weighted by atomic mass is 15.3. The molecule has 7 heteroatoms. The molecular weight excluding hydrogens is 458 g/mol. The fraction of sp³-hybridized carbons (Fsp3) is 0.300. The Morgan fingerprint density at radius 1 is 1.27 bits per heavy atom. The van der Waals surface area contributed by atoms with Crippen LogP contribution in [0.15, 0.2) is 89.8 Å². The van der Waals surface area contributed by atoms with Crippen LogP contribution in [-0.2, 0) is 13.0 Å². The minimum atomic E-state index is 0.313. The third kappa shape index (κ3) is 6.68. The van der Waals surface area contributed by atoms with E-state index in [9.17, 15) is 5.26 Å². The van der Waals surface area contributed by atoms with Crippen molar-refractivity contribution in [3.05, 3.63) is 95.9 Å². The first-order chi connectivity index (χ1) is 17.8. The maximum absolute atomic E-state index is 9.57. The summed E-state index contributed by atoms with van der Waals surface area (Å²) in [6.45, 7) is 17.4. The highest BCUT2D eigenvalue weighted by molar-refractivity contribution is 5.79. The Labute approximate surface area is 220 Å². The molecule has 0 bridgehead atoms. The quantitative estimate of drug-likeness (QED) is 0.392. The normalized spacial score (nSPS) is 14.5. The maximum atomic E-state index is 9.57. The standard InChI is InChI=1S/C30H37N7/c1-8-12-25(33-21(4)5)19-37-20-28(29(35-37)27-17-23(18-31)13-14-24(27)9-2)34-22(6)26(10-3)30-32-15-11-16-36(30)7/h10-17,20-21,33-34H,3,6,8-9,19H2,1-2,4-5,7H3/b25-12?,30-26+. The van der Waals surface area contributed by atoms with E-state index < -0.39 is 0 Å². The molecule has 0 radical (unpaired) electrons. The fourth-order valence-corrected chi connectivity index (χ4v) is 4.21. The van der Waals surface area contributed by atoms with Gasteiger partial charge in [0.25, 0.3) is 0 Å². The summed E-state index contributed by atoms with van der Waals surface area (Å²) in [6.07, 6.45) is 13.2. The molecule has 0 unspecified atom stereocenters. The molecule has 7 nitrogen and oxygen atoms in total. The Morgan fingerprint density at radius 2 is 2.05 bits per heavy atom. The van der Waals surface area contributed by atoms with Crippen molar-refractivity contribution in [2.75, 3.05) is 12.4 Å². The minimum Gasteiger partial charge on any atom is -0.385 e. The van der Waals surface area contributed by atoms with Crippen molar-refractivity contribution >= 4 is 11.9 Å². The van der Waals surface area contributed by atoms with Crippen molar-refractivity contribution < 1.29 is 0 Å². The van der Waals surface area contributed by atoms with E-state index in [-0.39, 0.29) is 0 Å². The zero-order valence-electron chi connectivity index (χ0n) is 22.5. The highest BCUT2D eigenvalue weighted by Crippen LogP contribution is 2.33. The molecule has 1 aromatic carbocycles. The number of anilines is 1. The molecule has 1 aromatic heterocycles. The molecule has 0 atom stereocenters. The average molecular weight is 496 g/mol. The smallest absolute Gasteiger partial charge is 0.141 e. The highest BCUT2D eigenvalue weighted by Gasteiger charge is 2.19. The number of nitrogens with one attached hydrogen (secondary N) is 2. The van der Waals surface area contributed by atoms with Crippen LogP contribution < -0.4 is 10.6 Å². The topological polar surface area (TPSA) is 81.3 Å². The molecule has 2 aromatic rings. The Hall–Kier alpha value is -4.31. The summed E-state index contributed by atoms with van der Waals surface area (Å²) in [5, 5.41) is 21.6. The Bertz CT molecular complexity index is 1310. The predicted octanol–water partition coefficient (Wildman–Crippen LogP) is 6.13. The summed E-state index contributed by atoms with van der Waals surface area (Å²) in [6, 6.07) is 8.34. The maximum Gasteiger partial charge on any atom is 0.141 e. The van der Waals surface area contributed by atoms with Gasteiger partial charge in [0, 0.05) is 54.2 Å². The number of hydrogen-bond acceptors (Lipinski definition) is 6. The van der Waals surface area contributed by atoms with Gasteiger partial charge in [-0.05, 0) is 50.5 Å². The molecule has 0 amide bonds. The van der Waals surface area contributed by atoms with Gasteiger partial charge < -0.3 is 15.5 Å². The number of allylic oxidation sites excluding steroid dienone is 4. The summed E-state index contributed by atoms with van der Waals surface area (Å²) < 4.78 is 1.93. The van der Waals surface area contributed by atoms with Crippen LogP contribution in [0.25, 0.3) is 11.3 Å². The molecule has 0 saturated heterocycles. The molecule has 0 spiro atoms. The monoisotopic (exact) mass is 495 g/mol. The summed E-state index contributed by atoms with van der Waals surface area (Å²) in [4.78, 5) is 6.45. The van der Waals surface area contributed by atoms with Crippen molar-refractivity contribution in [1.82, 2.24) is 20.0 Å². The first-order valence-corrected chi connectivity index (χ1v) is 12.6. The summed E-state index contributed by atoms with van der Waals surface area (Å²) in [7, 11) is 1.94. The van der Waals surface area contributed by atoms with Gasteiger partial charge >= 0.3 is 0 Å². The molecular formula is C30H37N7. The summed E-state index contributed by atoms with van der Waals surface area (Å²) >= 11 is 0. The number of nitriles is 1. The Morgan fingerprint density at radius 3 is 2.68 bits per heavy atom. The van der Waals surface area contributed by atoms with Gasteiger partial charge in [0.05, 0.1) is 23.9 Å². The van der Waals surface area contributed by atoms with Gasteiger partial charge in [0.1, 0.15) is 11.5 Å². The lowest BCUT2D eigenvalue weighted by Gasteiger charge is -2.21. The van der Waals surface area contributed by atoms with E-state index in [0.717, 1.165) is 52.4 Å². The zero-order valence-corrected chi connectivity index (χ0v) is 22.5. The van der Waals surface area contributed by atoms with Crippen molar-refractivity contribution in [2.24, 2.45) is 4.99 Å². The number of aromatic nitrogens is 2. The summed E-state index contributed by atoms with van der Waals surface area (Å²) in [5.41, 5.74) is 6.76. The predicted molar refractivity (Wildman–Crippen MR) is 154 cm³/mol. The van der Waals surface area contributed by atoms with Crippen molar-refractivity contribution in [3.63, 3.8) is 0 Å². The second-order valence-corrected chi connectivity index (χ2v) is 9.14. The van der Waals surface area contributed by atoms with Crippen LogP contribution >= 0.6 is 0 Å². The van der Waals surface area contributed by atoms with Crippen LogP contribution in [0.1, 0.15) is 45.2 Å². The van der Waals surface area contributed by atoms with Gasteiger partial charge in [-0.25, -0.2) is 4.99 Å². The molecule has 37 heavy (non-hydrogen) atoms. The van der Waals surface area contributed by atoms with Crippen molar-refractivity contribution in [2.45, 2.75) is 53.1 Å². The van der Waals surface area contributed by atoms with E-state index in [1.807, 2.05) is 53.3 Å². The molecule has 192 valence electrons. The molecule has 0 fully saturated rings. The third-order valence-corrected chi connectivity index (χ3v) is 5.88. The molecule has 2 N–H and O–H groups in total. The van der Waals surface area contributed by atoms with E-state index in [1.165, 1.54) is 0 Å². The molecule has 0 saturated carbocycles. The lowest BCUT2D eigenvalue weighted by molar-refractivity contribution is 0.554. The number of nitrogens with zero attached hydrogens (tertiary/aromatic N) is 5. The number of hydrogen-bond donors (Lipinski definition) is 2. The van der Waals surface area contributed by atoms with Crippen LogP contribution in [0.4, 0.5) is 5.69 Å². The molecule has 2 heterocycles. The number of benzene rings is 1. The minimum absolute atomic E-state index is 0.313. The SMILES string of the molecule is C=C/C(C(=C)Nc1cn(CC(=CCC)NC(C)C)nc1-c1cc(C#N)ccc1CC)=C1/N=CC=CN1C. The first kappa shape index (κ1) is 27.3. The number of rotatable bonds is 11. The van der Waals surface area contributed by atoms with Gasteiger partial charge in [-0.1, -0.05) is 45.2 Å². The molecule has 0 aliphatic carbocycles. The van der Waals surface area contributed by atoms with Crippen LogP contribution in [0, 0.1) is 11.3 Å². The van der Waals surface area contributed by atoms with Gasteiger partial charge in [-0.2, -0.15) is 10.4 Å². The third-order valence-electron chi connectivity index (χ3n) is 5.88. The largest absolute Gasteiger partial charge is 0.385 e. The second kappa shape index (κ2) is 12.6. The van der Waals surface area contributed by atoms with Crippen LogP contribution in [0.5, 0.6) is 0 Å². The second-order valence-electron chi connectivity index (χ2n) is 9.14. The molecule has 1 aliphatic heterocycles. The van der Waals surface area contributed by atoms with E-state index in [0.29, 0.717) is 23.8 Å². The van der Waals surface area contributed by atoms with E-state index in [2.05, 4.69) is 68.6 Å². The van der Waals surface area contributed by atoms with E-state index >= 15 is 0 Å². The lowest BCUT2D eigenvalue weighted by Crippen LogP contribution is -2.25. The zero-order chi connectivity index (χ0) is 26.9. The Balaban J connectivity index is 2.10. The van der Waals surface area contributed by atoms with Gasteiger partial charge in [-0.3, -0.25) is 4.68 Å².